The molecule has 2 heterocycles. The molecule has 4 rings (SSSR count). The van der Waals surface area contributed by atoms with E-state index in [0.29, 0.717) is 24.2 Å². The van der Waals surface area contributed by atoms with Crippen LogP contribution in [0.5, 0.6) is 0 Å². The summed E-state index contributed by atoms with van der Waals surface area (Å²) in [6, 6.07) is 14.8. The van der Waals surface area contributed by atoms with Gasteiger partial charge in [0, 0.05) is 17.4 Å². The Hall–Kier alpha value is -2.79. The van der Waals surface area contributed by atoms with Gasteiger partial charge in [-0.2, -0.15) is 0 Å². The van der Waals surface area contributed by atoms with E-state index in [1.165, 1.54) is 29.0 Å². The van der Waals surface area contributed by atoms with Crippen molar-refractivity contribution >= 4 is 21.6 Å². The summed E-state index contributed by atoms with van der Waals surface area (Å²) in [7, 11) is 0. The van der Waals surface area contributed by atoms with Crippen molar-refractivity contribution in [1.29, 1.82) is 0 Å². The minimum Gasteiger partial charge on any atom is -0.292 e. The van der Waals surface area contributed by atoms with Crippen LogP contribution in [0, 0.1) is 5.82 Å². The molecule has 0 aliphatic carbocycles. The van der Waals surface area contributed by atoms with Gasteiger partial charge in [0.2, 0.25) is 0 Å². The lowest BCUT2D eigenvalue weighted by molar-refractivity contribution is 0.590. The Morgan fingerprint density at radius 1 is 1.10 bits per heavy atom. The molecule has 0 bridgehead atoms. The lowest BCUT2D eigenvalue weighted by Gasteiger charge is -2.19. The zero-order chi connectivity index (χ0) is 21.5. The Morgan fingerprint density at radius 2 is 1.83 bits per heavy atom. The quantitative estimate of drug-likeness (QED) is 0.396. The number of hydrogen-bond acceptors (Lipinski definition) is 3. The van der Waals surface area contributed by atoms with Crippen molar-refractivity contribution in [3.8, 4) is 11.1 Å². The standard InChI is InChI=1S/C25H25FN2OS/c1-5-21-27-23-22(24(29)28(21)14-16-7-6-8-19(26)13-16)20(15-30-23)17-9-11-18(12-10-17)25(2,3)4/h6-13,15H,5,14H2,1-4H3. The zero-order valence-corrected chi connectivity index (χ0v) is 18.5. The topological polar surface area (TPSA) is 34.9 Å². The van der Waals surface area contributed by atoms with E-state index in [1.807, 2.05) is 18.4 Å². The molecule has 0 aliphatic heterocycles. The predicted octanol–water partition coefficient (Wildman–Crippen LogP) is 6.17. The van der Waals surface area contributed by atoms with Crippen molar-refractivity contribution in [1.82, 2.24) is 9.55 Å². The fraction of sp³-hybridized carbons (Fsp3) is 0.280. The van der Waals surface area contributed by atoms with E-state index < -0.39 is 0 Å². The number of halogens is 1. The minimum absolute atomic E-state index is 0.0720. The molecule has 0 fully saturated rings. The second-order valence-corrected chi connectivity index (χ2v) is 9.42. The maximum absolute atomic E-state index is 13.7. The Morgan fingerprint density at radius 3 is 2.47 bits per heavy atom. The molecule has 0 saturated carbocycles. The van der Waals surface area contributed by atoms with E-state index in [-0.39, 0.29) is 16.8 Å². The second-order valence-electron chi connectivity index (χ2n) is 8.56. The third kappa shape index (κ3) is 3.82. The first kappa shape index (κ1) is 20.5. The first-order chi connectivity index (χ1) is 14.3. The van der Waals surface area contributed by atoms with Crippen LogP contribution in [0.3, 0.4) is 0 Å². The number of rotatable bonds is 4. The molecule has 0 saturated heterocycles. The number of hydrogen-bond donors (Lipinski definition) is 0. The van der Waals surface area contributed by atoms with Crippen molar-refractivity contribution in [3.05, 3.63) is 87.0 Å². The van der Waals surface area contributed by atoms with Gasteiger partial charge in [0.25, 0.3) is 5.56 Å². The number of fused-ring (bicyclic) bond motifs is 1. The molecule has 0 unspecified atom stereocenters. The van der Waals surface area contributed by atoms with Gasteiger partial charge < -0.3 is 0 Å². The number of nitrogens with zero attached hydrogens (tertiary/aromatic N) is 2. The van der Waals surface area contributed by atoms with E-state index in [0.717, 1.165) is 21.5 Å². The summed E-state index contributed by atoms with van der Waals surface area (Å²) >= 11 is 1.50. The van der Waals surface area contributed by atoms with Crippen LogP contribution in [0.15, 0.2) is 58.7 Å². The average molecular weight is 421 g/mol. The molecule has 2 aromatic carbocycles. The van der Waals surface area contributed by atoms with Crippen LogP contribution >= 0.6 is 11.3 Å². The van der Waals surface area contributed by atoms with E-state index in [4.69, 9.17) is 4.98 Å². The largest absolute Gasteiger partial charge is 0.292 e. The van der Waals surface area contributed by atoms with Crippen LogP contribution in [0.2, 0.25) is 0 Å². The molecule has 3 nitrogen and oxygen atoms in total. The number of aromatic nitrogens is 2. The molecule has 0 spiro atoms. The van der Waals surface area contributed by atoms with Crippen molar-refractivity contribution in [2.24, 2.45) is 0 Å². The Kier molecular flexibility index (Phi) is 5.33. The number of benzene rings is 2. The van der Waals surface area contributed by atoms with Crippen LogP contribution in [-0.4, -0.2) is 9.55 Å². The van der Waals surface area contributed by atoms with Crippen LogP contribution in [-0.2, 0) is 18.4 Å². The first-order valence-electron chi connectivity index (χ1n) is 10.1. The maximum Gasteiger partial charge on any atom is 0.263 e. The van der Waals surface area contributed by atoms with Crippen LogP contribution in [0.4, 0.5) is 4.39 Å². The van der Waals surface area contributed by atoms with Gasteiger partial charge in [-0.15, -0.1) is 11.3 Å². The molecule has 154 valence electrons. The predicted molar refractivity (Wildman–Crippen MR) is 123 cm³/mol. The molecule has 0 radical (unpaired) electrons. The fourth-order valence-electron chi connectivity index (χ4n) is 3.68. The van der Waals surface area contributed by atoms with Crippen LogP contribution in [0.1, 0.15) is 44.6 Å². The van der Waals surface area contributed by atoms with Crippen molar-refractivity contribution in [2.75, 3.05) is 0 Å². The van der Waals surface area contributed by atoms with Crippen molar-refractivity contribution < 1.29 is 4.39 Å². The van der Waals surface area contributed by atoms with Gasteiger partial charge in [-0.1, -0.05) is 64.1 Å². The number of thiophene rings is 1. The monoisotopic (exact) mass is 420 g/mol. The molecule has 0 N–H and O–H groups in total. The summed E-state index contributed by atoms with van der Waals surface area (Å²) in [5.74, 6) is 0.413. The molecular formula is C25H25FN2OS. The Bertz CT molecular complexity index is 1260. The third-order valence-electron chi connectivity index (χ3n) is 5.38. The highest BCUT2D eigenvalue weighted by Crippen LogP contribution is 2.33. The maximum atomic E-state index is 13.7. The first-order valence-corrected chi connectivity index (χ1v) is 11.0. The normalized spacial score (nSPS) is 11.9. The van der Waals surface area contributed by atoms with Gasteiger partial charge in [0.05, 0.1) is 11.9 Å². The molecule has 2 aromatic heterocycles. The van der Waals surface area contributed by atoms with Gasteiger partial charge in [0.15, 0.2) is 0 Å². The summed E-state index contributed by atoms with van der Waals surface area (Å²) in [6.45, 7) is 8.84. The lowest BCUT2D eigenvalue weighted by atomic mass is 9.86. The fourth-order valence-corrected chi connectivity index (χ4v) is 4.64. The molecule has 0 atom stereocenters. The van der Waals surface area contributed by atoms with E-state index in [9.17, 15) is 9.18 Å². The van der Waals surface area contributed by atoms with Crippen LogP contribution in [0.25, 0.3) is 21.3 Å². The van der Waals surface area contributed by atoms with Crippen LogP contribution < -0.4 is 5.56 Å². The zero-order valence-electron chi connectivity index (χ0n) is 17.7. The summed E-state index contributed by atoms with van der Waals surface area (Å²) in [6.07, 6.45) is 0.633. The summed E-state index contributed by atoms with van der Waals surface area (Å²) in [5, 5.41) is 2.65. The average Bonchev–Trinajstić information content (AvgIpc) is 3.13. The Balaban J connectivity index is 1.85. The Labute approximate surface area is 179 Å². The lowest BCUT2D eigenvalue weighted by Crippen LogP contribution is -2.25. The molecular weight excluding hydrogens is 395 g/mol. The molecule has 30 heavy (non-hydrogen) atoms. The van der Waals surface area contributed by atoms with E-state index >= 15 is 0 Å². The molecule has 4 aromatic rings. The highest BCUT2D eigenvalue weighted by atomic mass is 32.1. The highest BCUT2D eigenvalue weighted by Gasteiger charge is 2.18. The van der Waals surface area contributed by atoms with Gasteiger partial charge in [-0.05, 0) is 34.2 Å². The van der Waals surface area contributed by atoms with E-state index in [2.05, 4.69) is 45.0 Å². The molecule has 0 amide bonds. The minimum atomic E-state index is -0.303. The number of aryl methyl sites for hydroxylation is 1. The second kappa shape index (κ2) is 7.80. The van der Waals surface area contributed by atoms with E-state index in [1.54, 1.807) is 10.6 Å². The smallest absolute Gasteiger partial charge is 0.263 e. The van der Waals surface area contributed by atoms with Gasteiger partial charge in [-0.25, -0.2) is 9.37 Å². The van der Waals surface area contributed by atoms with Gasteiger partial charge in [-0.3, -0.25) is 9.36 Å². The summed E-state index contributed by atoms with van der Waals surface area (Å²) < 4.78 is 15.3. The third-order valence-corrected chi connectivity index (χ3v) is 6.25. The van der Waals surface area contributed by atoms with Gasteiger partial charge in [0.1, 0.15) is 16.5 Å². The van der Waals surface area contributed by atoms with Crippen molar-refractivity contribution in [3.63, 3.8) is 0 Å². The molecule has 0 aliphatic rings. The highest BCUT2D eigenvalue weighted by molar-refractivity contribution is 7.17. The summed E-state index contributed by atoms with van der Waals surface area (Å²) in [4.78, 5) is 19.0. The van der Waals surface area contributed by atoms with Gasteiger partial charge >= 0.3 is 0 Å². The SMILES string of the molecule is CCc1nc2scc(-c3ccc(C(C)(C)C)cc3)c2c(=O)n1Cc1cccc(F)c1. The van der Waals surface area contributed by atoms with Crippen molar-refractivity contribution in [2.45, 2.75) is 46.1 Å². The summed E-state index contributed by atoms with van der Waals surface area (Å²) in [5.41, 5.74) is 3.92. The molecule has 5 heteroatoms.